The average Bonchev–Trinajstić information content (AvgIpc) is 2.65. The summed E-state index contributed by atoms with van der Waals surface area (Å²) in [5, 5.41) is 10.7. The fourth-order valence-corrected chi connectivity index (χ4v) is 3.49. The highest BCUT2D eigenvalue weighted by Gasteiger charge is 2.24. The average molecular weight is 374 g/mol. The number of carbonyl (C=O) groups is 2. The van der Waals surface area contributed by atoms with Gasteiger partial charge in [-0.15, -0.1) is 0 Å². The lowest BCUT2D eigenvalue weighted by Crippen LogP contribution is -2.39. The Balaban J connectivity index is 0. The lowest BCUT2D eigenvalue weighted by molar-refractivity contribution is -0.124. The SMILES string of the molecule is CC.CC(=O)C1CCC(NC(=O)CCOC2CCCCC2)CC1.CCO.[HH]. The molecule has 5 heteroatoms. The molecule has 0 aliphatic heterocycles. The minimum atomic E-state index is 0. The molecule has 1 amide bonds. The highest BCUT2D eigenvalue weighted by atomic mass is 16.5. The van der Waals surface area contributed by atoms with Crippen molar-refractivity contribution in [3.8, 4) is 0 Å². The van der Waals surface area contributed by atoms with Crippen LogP contribution in [0.3, 0.4) is 0 Å². The smallest absolute Gasteiger partial charge is 0.222 e. The predicted molar refractivity (Wildman–Crippen MR) is 108 cm³/mol. The van der Waals surface area contributed by atoms with Gasteiger partial charge in [-0.3, -0.25) is 9.59 Å². The topological polar surface area (TPSA) is 75.6 Å². The Morgan fingerprint density at radius 2 is 1.58 bits per heavy atom. The van der Waals surface area contributed by atoms with E-state index in [4.69, 9.17) is 9.84 Å². The molecule has 156 valence electrons. The van der Waals surface area contributed by atoms with Crippen LogP contribution in [0.5, 0.6) is 0 Å². The summed E-state index contributed by atoms with van der Waals surface area (Å²) < 4.78 is 5.79. The first-order valence-corrected chi connectivity index (χ1v) is 10.6. The van der Waals surface area contributed by atoms with Crippen molar-refractivity contribution in [2.75, 3.05) is 13.2 Å². The highest BCUT2D eigenvalue weighted by molar-refractivity contribution is 5.78. The van der Waals surface area contributed by atoms with Crippen molar-refractivity contribution in [2.45, 2.75) is 104 Å². The molecule has 0 spiro atoms. The van der Waals surface area contributed by atoms with E-state index in [1.165, 1.54) is 19.3 Å². The molecule has 2 aliphatic rings. The van der Waals surface area contributed by atoms with Crippen LogP contribution < -0.4 is 5.32 Å². The van der Waals surface area contributed by atoms with E-state index in [1.807, 2.05) is 13.8 Å². The summed E-state index contributed by atoms with van der Waals surface area (Å²) in [7, 11) is 0. The maximum atomic E-state index is 11.9. The highest BCUT2D eigenvalue weighted by Crippen LogP contribution is 2.25. The van der Waals surface area contributed by atoms with Crippen LogP contribution in [0.25, 0.3) is 0 Å². The standard InChI is InChI=1S/C17H29NO3.C2H6O.C2H6.H2/c1-13(19)14-7-9-15(10-8-14)18-17(20)11-12-21-16-5-3-2-4-6-16;1-2-3;1-2;/h14-16H,2-12H2,1H3,(H,18,20);3H,2H2,1H3;1-2H3;1H. The first-order chi connectivity index (χ1) is 12.6. The van der Waals surface area contributed by atoms with Gasteiger partial charge in [-0.05, 0) is 52.4 Å². The Hall–Kier alpha value is -0.940. The second kappa shape index (κ2) is 16.2. The third kappa shape index (κ3) is 11.6. The molecule has 0 radical (unpaired) electrons. The fraction of sp³-hybridized carbons (Fsp3) is 0.905. The molecule has 0 aromatic carbocycles. The number of hydrogen-bond acceptors (Lipinski definition) is 4. The van der Waals surface area contributed by atoms with E-state index in [0.29, 0.717) is 24.9 Å². The minimum Gasteiger partial charge on any atom is -0.397 e. The summed E-state index contributed by atoms with van der Waals surface area (Å²) in [5.41, 5.74) is 0. The lowest BCUT2D eigenvalue weighted by Gasteiger charge is -2.28. The molecular formula is C21H43NO4. The lowest BCUT2D eigenvalue weighted by atomic mass is 9.84. The number of aliphatic hydroxyl groups is 1. The van der Waals surface area contributed by atoms with Crippen LogP contribution in [0.1, 0.15) is 93.3 Å². The van der Waals surface area contributed by atoms with Gasteiger partial charge >= 0.3 is 0 Å². The first-order valence-electron chi connectivity index (χ1n) is 10.6. The predicted octanol–water partition coefficient (Wildman–Crippen LogP) is 4.26. The number of ketones is 1. The van der Waals surface area contributed by atoms with Crippen molar-refractivity contribution in [3.63, 3.8) is 0 Å². The van der Waals surface area contributed by atoms with Gasteiger partial charge in [0.1, 0.15) is 5.78 Å². The van der Waals surface area contributed by atoms with E-state index in [-0.39, 0.29) is 25.9 Å². The molecular weight excluding hydrogens is 330 g/mol. The number of amides is 1. The Kier molecular flexibility index (Phi) is 15.7. The number of carbonyl (C=O) groups excluding carboxylic acids is 2. The van der Waals surface area contributed by atoms with E-state index in [2.05, 4.69) is 5.32 Å². The van der Waals surface area contributed by atoms with Crippen LogP contribution >= 0.6 is 0 Å². The van der Waals surface area contributed by atoms with Gasteiger partial charge < -0.3 is 15.2 Å². The third-order valence-electron chi connectivity index (χ3n) is 4.90. The minimum absolute atomic E-state index is 0. The largest absolute Gasteiger partial charge is 0.397 e. The molecule has 2 saturated carbocycles. The Morgan fingerprint density at radius 1 is 1.04 bits per heavy atom. The normalized spacial score (nSPS) is 23.0. The molecule has 2 aliphatic carbocycles. The second-order valence-corrected chi connectivity index (χ2v) is 6.92. The maximum absolute atomic E-state index is 11.9. The molecule has 26 heavy (non-hydrogen) atoms. The first kappa shape index (κ1) is 25.1. The fourth-order valence-electron chi connectivity index (χ4n) is 3.49. The molecule has 0 aromatic rings. The third-order valence-corrected chi connectivity index (χ3v) is 4.90. The van der Waals surface area contributed by atoms with E-state index >= 15 is 0 Å². The van der Waals surface area contributed by atoms with E-state index in [0.717, 1.165) is 38.5 Å². The molecule has 0 heterocycles. The maximum Gasteiger partial charge on any atom is 0.222 e. The molecule has 2 fully saturated rings. The van der Waals surface area contributed by atoms with Crippen molar-refractivity contribution in [3.05, 3.63) is 0 Å². The molecule has 2 N–H and O–H groups in total. The van der Waals surface area contributed by atoms with Crippen LogP contribution in [0.4, 0.5) is 0 Å². The van der Waals surface area contributed by atoms with Gasteiger partial charge in [-0.1, -0.05) is 33.1 Å². The zero-order valence-electron chi connectivity index (χ0n) is 17.4. The summed E-state index contributed by atoms with van der Waals surface area (Å²) >= 11 is 0. The monoisotopic (exact) mass is 373 g/mol. The van der Waals surface area contributed by atoms with Crippen molar-refractivity contribution in [1.29, 1.82) is 0 Å². The van der Waals surface area contributed by atoms with Crippen LogP contribution in [-0.2, 0) is 14.3 Å². The molecule has 0 atom stereocenters. The Bertz CT molecular complexity index is 365. The summed E-state index contributed by atoms with van der Waals surface area (Å²) in [6, 6.07) is 0.253. The zero-order valence-corrected chi connectivity index (χ0v) is 17.4. The Labute approximate surface area is 161 Å². The molecule has 0 saturated heterocycles. The number of rotatable bonds is 6. The van der Waals surface area contributed by atoms with Crippen LogP contribution in [0.15, 0.2) is 0 Å². The van der Waals surface area contributed by atoms with Gasteiger partial charge in [0.2, 0.25) is 5.91 Å². The van der Waals surface area contributed by atoms with E-state index in [9.17, 15) is 9.59 Å². The quantitative estimate of drug-likeness (QED) is 0.729. The number of aliphatic hydroxyl groups excluding tert-OH is 1. The van der Waals surface area contributed by atoms with Gasteiger partial charge in [-0.25, -0.2) is 0 Å². The van der Waals surface area contributed by atoms with Gasteiger partial charge in [0.25, 0.3) is 0 Å². The second-order valence-electron chi connectivity index (χ2n) is 6.92. The van der Waals surface area contributed by atoms with E-state index in [1.54, 1.807) is 13.8 Å². The van der Waals surface area contributed by atoms with Gasteiger partial charge in [0, 0.05) is 26.4 Å². The Morgan fingerprint density at radius 3 is 2.08 bits per heavy atom. The summed E-state index contributed by atoms with van der Waals surface area (Å²) in [5.74, 6) is 0.602. The molecule has 2 rings (SSSR count). The van der Waals surface area contributed by atoms with E-state index < -0.39 is 0 Å². The van der Waals surface area contributed by atoms with Crippen molar-refractivity contribution in [2.24, 2.45) is 5.92 Å². The summed E-state index contributed by atoms with van der Waals surface area (Å²) in [6.07, 6.45) is 10.7. The van der Waals surface area contributed by atoms with Crippen LogP contribution in [0.2, 0.25) is 0 Å². The number of nitrogens with one attached hydrogen (secondary N) is 1. The summed E-state index contributed by atoms with van der Waals surface area (Å²) in [6.45, 7) is 8.14. The van der Waals surface area contributed by atoms with Gasteiger partial charge in [0.05, 0.1) is 12.7 Å². The van der Waals surface area contributed by atoms with Crippen molar-refractivity contribution < 1.29 is 20.9 Å². The summed E-state index contributed by atoms with van der Waals surface area (Å²) in [4.78, 5) is 23.2. The number of hydrogen-bond donors (Lipinski definition) is 2. The van der Waals surface area contributed by atoms with Crippen molar-refractivity contribution in [1.82, 2.24) is 5.32 Å². The molecule has 0 aromatic heterocycles. The molecule has 0 unspecified atom stereocenters. The molecule has 5 nitrogen and oxygen atoms in total. The van der Waals surface area contributed by atoms with Crippen LogP contribution in [-0.4, -0.2) is 42.2 Å². The number of ether oxygens (including phenoxy) is 1. The van der Waals surface area contributed by atoms with Crippen molar-refractivity contribution >= 4 is 11.7 Å². The van der Waals surface area contributed by atoms with Gasteiger partial charge in [0.15, 0.2) is 0 Å². The molecule has 0 bridgehead atoms. The number of Topliss-reactive ketones (excluding diaryl/α,β-unsaturated/α-hetero) is 1. The van der Waals surface area contributed by atoms with Crippen LogP contribution in [0, 0.1) is 5.92 Å². The van der Waals surface area contributed by atoms with Gasteiger partial charge in [-0.2, -0.15) is 0 Å². The zero-order chi connectivity index (χ0) is 19.8.